The Kier molecular flexibility index (Phi) is 14.5. The highest BCUT2D eigenvalue weighted by molar-refractivity contribution is 8.77. The zero-order valence-electron chi connectivity index (χ0n) is 49.8. The van der Waals surface area contributed by atoms with Crippen molar-refractivity contribution in [2.24, 2.45) is 109 Å². The van der Waals surface area contributed by atoms with Crippen LogP contribution in [0.15, 0.2) is 57.7 Å². The summed E-state index contributed by atoms with van der Waals surface area (Å²) in [6.45, 7) is 10.8. The number of fused-ring (bicyclic) bond motifs is 16. The molecule has 8 saturated carbocycles. The quantitative estimate of drug-likeness (QED) is 0.0412. The highest BCUT2D eigenvalue weighted by Crippen LogP contribution is 2.80. The first-order valence-corrected chi connectivity index (χ1v) is 35.1. The van der Waals surface area contributed by atoms with Gasteiger partial charge in [-0.3, -0.25) is 9.79 Å². The lowest BCUT2D eigenvalue weighted by Crippen LogP contribution is -2.70. The molecule has 13 aliphatic rings. The van der Waals surface area contributed by atoms with Gasteiger partial charge in [0.1, 0.15) is 6.23 Å². The summed E-state index contributed by atoms with van der Waals surface area (Å²) in [4.78, 5) is 25.6. The molecule has 82 heavy (non-hydrogen) atoms. The molecule has 452 valence electrons. The third-order valence-electron chi connectivity index (χ3n) is 27.0. The van der Waals surface area contributed by atoms with E-state index in [1.54, 1.807) is 23.6 Å². The zero-order chi connectivity index (χ0) is 57.1. The van der Waals surface area contributed by atoms with Crippen LogP contribution in [-0.4, -0.2) is 132 Å². The molecule has 2 aliphatic heterocycles. The molecule has 6 bridgehead atoms. The number of aliphatic imine (C=N–C) groups is 1. The van der Waals surface area contributed by atoms with Gasteiger partial charge in [0.2, 0.25) is 0 Å². The van der Waals surface area contributed by atoms with Crippen LogP contribution >= 0.6 is 21.6 Å². The van der Waals surface area contributed by atoms with E-state index in [1.807, 2.05) is 47.2 Å². The van der Waals surface area contributed by atoms with Crippen molar-refractivity contribution in [3.8, 4) is 0 Å². The van der Waals surface area contributed by atoms with Crippen LogP contribution in [0, 0.1) is 98.1 Å². The van der Waals surface area contributed by atoms with Gasteiger partial charge < -0.3 is 56.9 Å². The Morgan fingerprint density at radius 2 is 1.78 bits per heavy atom. The number of nitrogens with one attached hydrogen (secondary N) is 3. The average molecular weight is 1170 g/mol. The summed E-state index contributed by atoms with van der Waals surface area (Å²) in [6, 6.07) is 0.114. The van der Waals surface area contributed by atoms with E-state index in [9.17, 15) is 25.5 Å². The number of nitrogens with two attached hydrogens (primary N) is 1. The van der Waals surface area contributed by atoms with Gasteiger partial charge in [-0.2, -0.15) is 0 Å². The number of hydrogen-bond donors (Lipinski definition) is 10. The number of aliphatic hydroxyl groups excluding tert-OH is 5. The molecule has 2 saturated heterocycles. The number of carbonyl (C=O) groups is 1. The normalized spacial score (nSPS) is 48.6. The third kappa shape index (κ3) is 8.03. The second kappa shape index (κ2) is 20.7. The van der Waals surface area contributed by atoms with E-state index in [2.05, 4.69) is 47.5 Å². The molecule has 11 N–H and O–H groups in total. The molecule has 0 amide bonds. The first kappa shape index (κ1) is 57.5. The van der Waals surface area contributed by atoms with Crippen LogP contribution in [0.5, 0.6) is 0 Å². The summed E-state index contributed by atoms with van der Waals surface area (Å²) >= 11 is 0. The molecule has 1 aromatic rings. The lowest BCUT2D eigenvalue weighted by atomic mass is 9.40. The largest absolute Gasteiger partial charge is 0.396 e. The topological polar surface area (TPSA) is 231 Å². The van der Waals surface area contributed by atoms with Crippen molar-refractivity contribution >= 4 is 33.3 Å². The number of allylic oxidation sites excluding steroid dienone is 3. The first-order chi connectivity index (χ1) is 39.3. The summed E-state index contributed by atoms with van der Waals surface area (Å²) < 4.78 is 1.90. The maximum absolute atomic E-state index is 15.8. The number of nitrogens with zero attached hydrogens (tertiary/aromatic N) is 3. The number of rotatable bonds is 7. The maximum atomic E-state index is 15.8. The average Bonchev–Trinajstić information content (AvgIpc) is 1.42. The third-order valence-corrected chi connectivity index (χ3v) is 30.5. The van der Waals surface area contributed by atoms with E-state index in [4.69, 9.17) is 15.7 Å². The van der Waals surface area contributed by atoms with Crippen LogP contribution in [0.1, 0.15) is 162 Å². The molecular weight excluding hydrogens is 1070 g/mol. The number of carbonyl (C=O) groups excluding carboxylic acids is 1. The van der Waals surface area contributed by atoms with E-state index >= 15 is 9.90 Å². The maximum Gasteiger partial charge on any atom is 0.190 e. The number of piperidine rings is 1. The van der Waals surface area contributed by atoms with E-state index in [1.165, 1.54) is 44.1 Å². The van der Waals surface area contributed by atoms with Gasteiger partial charge in [-0.05, 0) is 217 Å². The molecule has 0 unspecified atom stereocenters. The minimum Gasteiger partial charge on any atom is -0.396 e. The number of guanidine groups is 1. The molecular formula is C66H99N7O7S2. The molecule has 16 heteroatoms. The molecule has 3 heterocycles. The van der Waals surface area contributed by atoms with Crippen LogP contribution in [0.2, 0.25) is 0 Å². The lowest BCUT2D eigenvalue weighted by Gasteiger charge is -2.66. The molecule has 0 aromatic carbocycles. The fourth-order valence-electron chi connectivity index (χ4n) is 24.7. The van der Waals surface area contributed by atoms with Crippen LogP contribution in [0.25, 0.3) is 0 Å². The summed E-state index contributed by atoms with van der Waals surface area (Å²) in [7, 11) is 5.86. The van der Waals surface area contributed by atoms with E-state index in [-0.39, 0.29) is 77.8 Å². The fraction of sp³-hybridized carbons (Fsp3) is 0.833. The number of aliphatic hydroxyl groups is 6. The van der Waals surface area contributed by atoms with Crippen molar-refractivity contribution < 1.29 is 35.4 Å². The fourth-order valence-corrected chi connectivity index (χ4v) is 28.9. The Hall–Kier alpha value is -2.25. The second-order valence-corrected chi connectivity index (χ2v) is 33.5. The highest BCUT2D eigenvalue weighted by atomic mass is 33.1. The van der Waals surface area contributed by atoms with Crippen LogP contribution in [0.3, 0.4) is 0 Å². The molecule has 1 aromatic heterocycles. The van der Waals surface area contributed by atoms with Crippen LogP contribution in [-0.2, 0) is 4.79 Å². The standard InChI is InChI=1S/C66H99N7O7S2/c1-36(75)72-59(67)71-31-39-28-64(34-74)46-26-50(66(64,80)47-25-48(76)55-45(32-68-5)57(78)49(77)30-61(55,4)53(39)47)65(16-8-14-62(65)17-19-69-20-18-62)82-81-33-41(73-22-21-70-35-73)29-60(2,3)56-44-23-37-12-13-40-10-7-15-63(40,27-37)54(44)42-11-6-9-38-24-43(46)58(79)52(56)51(38)42/h21-22,25,35-41,43,45-46,49-50,52-55,57-58,68-69,74-75,77-80H,6-20,23-24,26-34H2,1-5H3,(H3,67,71,72)/t36-,37+,38-,39+,40+,41+,43+,45-,46-,49+,50-,52-,53+,54-,55+,57-,58+,61-,63-,64+,65+,66+/m1/s1. The van der Waals surface area contributed by atoms with Crippen molar-refractivity contribution in [3.63, 3.8) is 0 Å². The van der Waals surface area contributed by atoms with Crippen molar-refractivity contribution in [2.75, 3.05) is 45.6 Å². The number of ketones is 1. The van der Waals surface area contributed by atoms with Crippen LogP contribution < -0.4 is 21.7 Å². The zero-order valence-corrected chi connectivity index (χ0v) is 51.5. The van der Waals surface area contributed by atoms with Crippen molar-refractivity contribution in [1.29, 1.82) is 0 Å². The van der Waals surface area contributed by atoms with Gasteiger partial charge in [-0.25, -0.2) is 4.98 Å². The Balaban J connectivity index is 1.02. The smallest absolute Gasteiger partial charge is 0.190 e. The number of imidazole rings is 1. The van der Waals surface area contributed by atoms with E-state index < -0.39 is 69.4 Å². The molecule has 10 fully saturated rings. The predicted molar refractivity (Wildman–Crippen MR) is 323 cm³/mol. The minimum absolute atomic E-state index is 0.0935. The molecule has 14 nitrogen and oxygen atoms in total. The molecule has 11 aliphatic carbocycles. The molecule has 14 rings (SSSR count). The van der Waals surface area contributed by atoms with Gasteiger partial charge in [0.05, 0.1) is 36.8 Å². The van der Waals surface area contributed by atoms with Gasteiger partial charge in [0, 0.05) is 77.0 Å². The van der Waals surface area contributed by atoms with Gasteiger partial charge >= 0.3 is 0 Å². The Morgan fingerprint density at radius 3 is 2.54 bits per heavy atom. The Morgan fingerprint density at radius 1 is 0.963 bits per heavy atom. The predicted octanol–water partition coefficient (Wildman–Crippen LogP) is 7.86. The first-order valence-electron chi connectivity index (χ1n) is 32.8. The van der Waals surface area contributed by atoms with Gasteiger partial charge in [-0.15, -0.1) is 0 Å². The lowest BCUT2D eigenvalue weighted by molar-refractivity contribution is -0.199. The van der Waals surface area contributed by atoms with Gasteiger partial charge in [-0.1, -0.05) is 77.5 Å². The summed E-state index contributed by atoms with van der Waals surface area (Å²) in [5.74, 6) is -0.260. The highest BCUT2D eigenvalue weighted by Gasteiger charge is 2.80. The molecule has 0 radical (unpaired) electrons. The second-order valence-electron chi connectivity index (χ2n) is 30.8. The van der Waals surface area contributed by atoms with Gasteiger partial charge in [0.25, 0.3) is 0 Å². The SMILES string of the molecule is CNC[C@H]1[C@@H](O)[C@@H](O)C[C@]2(C)[C@@H]3C(=CC(=O)[C@H]12)[C@]1(O)[C@@H]2C[C@H]([C@@H]4C[C@H]5CCCC6=C5[C@H](C(=C5C[C@@H]7CC[C@@H]8CCC[C@]8(C7)[C@H]65)C(C)(C)C[C@H](n5ccnc5)CSS[C@@]25CCCC52CCNCC2)[C@H]4O)[C@@]1(CO)C[C@H]3CN=C(N)N[C@@H](C)O. The van der Waals surface area contributed by atoms with Crippen molar-refractivity contribution in [2.45, 2.75) is 197 Å². The number of aromatic nitrogens is 2. The van der Waals surface area contributed by atoms with Crippen molar-refractivity contribution in [1.82, 2.24) is 25.5 Å². The Bertz CT molecular complexity index is 2780. The van der Waals surface area contributed by atoms with Gasteiger partial charge in [0.15, 0.2) is 11.7 Å². The summed E-state index contributed by atoms with van der Waals surface area (Å²) in [5.41, 5.74) is 9.88. The molecule has 22 atom stereocenters. The van der Waals surface area contributed by atoms with E-state index in [0.29, 0.717) is 42.2 Å². The summed E-state index contributed by atoms with van der Waals surface area (Å²) in [5, 5.41) is 88.1. The molecule has 3 spiro atoms. The Labute approximate surface area is 495 Å². The number of hydrogen-bond acceptors (Lipinski definition) is 13. The van der Waals surface area contributed by atoms with Crippen molar-refractivity contribution in [3.05, 3.63) is 52.7 Å². The summed E-state index contributed by atoms with van der Waals surface area (Å²) in [6.07, 6.45) is 24.3. The van der Waals surface area contributed by atoms with E-state index in [0.717, 1.165) is 95.4 Å². The monoisotopic (exact) mass is 1170 g/mol. The minimum atomic E-state index is -1.70. The van der Waals surface area contributed by atoms with Crippen LogP contribution in [0.4, 0.5) is 0 Å².